The standard InChI is InChI=1S/C55H98O6/c1-4-7-10-13-16-19-22-25-27-30-33-36-39-42-45-48-54(57)60-51-52(50-59-53(56)47-44-41-38-35-32-29-24-21-18-15-12-9-6-3)61-55(58)49-46-43-40-37-34-31-28-26-23-20-17-14-11-8-5-2/h16,19,21,24-25,27,33,36,52H,4-15,17-18,20,22-23,26,28-32,34-35,37-51H2,1-3H3/b19-16-,24-21-,27-25-,36-33-/t52-/m1/s1. The molecule has 0 aromatic heterocycles. The monoisotopic (exact) mass is 855 g/mol. The van der Waals surface area contributed by atoms with Gasteiger partial charge in [-0.25, -0.2) is 0 Å². The minimum Gasteiger partial charge on any atom is -0.462 e. The first-order chi connectivity index (χ1) is 30.0. The minimum absolute atomic E-state index is 0.0873. The van der Waals surface area contributed by atoms with Crippen molar-refractivity contribution in [2.45, 2.75) is 271 Å². The lowest BCUT2D eigenvalue weighted by atomic mass is 10.0. The Morgan fingerprint density at radius 1 is 0.328 bits per heavy atom. The smallest absolute Gasteiger partial charge is 0.306 e. The molecule has 61 heavy (non-hydrogen) atoms. The van der Waals surface area contributed by atoms with Gasteiger partial charge in [0.25, 0.3) is 0 Å². The fourth-order valence-corrected chi connectivity index (χ4v) is 7.33. The number of hydrogen-bond donors (Lipinski definition) is 0. The highest BCUT2D eigenvalue weighted by atomic mass is 16.6. The van der Waals surface area contributed by atoms with Crippen molar-refractivity contribution in [1.82, 2.24) is 0 Å². The highest BCUT2D eigenvalue weighted by Crippen LogP contribution is 2.15. The van der Waals surface area contributed by atoms with Crippen LogP contribution in [-0.4, -0.2) is 37.2 Å². The van der Waals surface area contributed by atoms with Crippen LogP contribution in [0.15, 0.2) is 48.6 Å². The molecule has 0 aromatic rings. The highest BCUT2D eigenvalue weighted by Gasteiger charge is 2.19. The molecule has 0 rings (SSSR count). The Morgan fingerprint density at radius 2 is 0.590 bits per heavy atom. The Hall–Kier alpha value is -2.63. The number of allylic oxidation sites excluding steroid dienone is 8. The van der Waals surface area contributed by atoms with Crippen molar-refractivity contribution in [2.24, 2.45) is 0 Å². The maximum Gasteiger partial charge on any atom is 0.306 e. The number of hydrogen-bond acceptors (Lipinski definition) is 6. The molecule has 0 fully saturated rings. The van der Waals surface area contributed by atoms with Crippen molar-refractivity contribution in [1.29, 1.82) is 0 Å². The Labute approximate surface area is 378 Å². The first kappa shape index (κ1) is 58.4. The summed E-state index contributed by atoms with van der Waals surface area (Å²) < 4.78 is 16.8. The largest absolute Gasteiger partial charge is 0.462 e. The molecule has 0 spiro atoms. The predicted molar refractivity (Wildman–Crippen MR) is 261 cm³/mol. The van der Waals surface area contributed by atoms with Crippen LogP contribution in [0.1, 0.15) is 265 Å². The normalized spacial score (nSPS) is 12.4. The van der Waals surface area contributed by atoms with Gasteiger partial charge in [-0.2, -0.15) is 0 Å². The summed E-state index contributed by atoms with van der Waals surface area (Å²) in [6.45, 7) is 6.57. The predicted octanol–water partition coefficient (Wildman–Crippen LogP) is 17.1. The second-order valence-electron chi connectivity index (χ2n) is 17.4. The summed E-state index contributed by atoms with van der Waals surface area (Å²) in [6, 6.07) is 0. The summed E-state index contributed by atoms with van der Waals surface area (Å²) in [5, 5.41) is 0. The van der Waals surface area contributed by atoms with Crippen LogP contribution in [0.2, 0.25) is 0 Å². The van der Waals surface area contributed by atoms with Gasteiger partial charge in [0.2, 0.25) is 0 Å². The number of unbranched alkanes of at least 4 members (excludes halogenated alkanes) is 28. The Bertz CT molecular complexity index is 1070. The molecule has 0 unspecified atom stereocenters. The van der Waals surface area contributed by atoms with Gasteiger partial charge in [-0.3, -0.25) is 14.4 Å². The van der Waals surface area contributed by atoms with Gasteiger partial charge in [0.05, 0.1) is 0 Å². The summed E-state index contributed by atoms with van der Waals surface area (Å²) in [7, 11) is 0. The average molecular weight is 855 g/mol. The third-order valence-electron chi connectivity index (χ3n) is 11.3. The molecule has 0 aromatic carbocycles. The van der Waals surface area contributed by atoms with Crippen LogP contribution in [0.5, 0.6) is 0 Å². The van der Waals surface area contributed by atoms with E-state index in [4.69, 9.17) is 14.2 Å². The molecule has 0 radical (unpaired) electrons. The van der Waals surface area contributed by atoms with Crippen LogP contribution in [0.25, 0.3) is 0 Å². The third-order valence-corrected chi connectivity index (χ3v) is 11.3. The zero-order chi connectivity index (χ0) is 44.4. The van der Waals surface area contributed by atoms with E-state index < -0.39 is 6.10 Å². The zero-order valence-corrected chi connectivity index (χ0v) is 40.4. The SMILES string of the molecule is CCCCC/C=C\C/C=C\C/C=C\CCCCC(=O)OC[C@@H](COC(=O)CCCCCCC/C=C\CCCCCC)OC(=O)CCCCCCCCCCCCCCCCC. The van der Waals surface area contributed by atoms with E-state index in [0.29, 0.717) is 19.3 Å². The number of rotatable bonds is 47. The fourth-order valence-electron chi connectivity index (χ4n) is 7.33. The molecule has 0 N–H and O–H groups in total. The van der Waals surface area contributed by atoms with E-state index in [1.807, 2.05) is 0 Å². The van der Waals surface area contributed by atoms with Gasteiger partial charge in [-0.05, 0) is 83.5 Å². The molecule has 6 heteroatoms. The van der Waals surface area contributed by atoms with E-state index in [-0.39, 0.29) is 31.1 Å². The fraction of sp³-hybridized carbons (Fsp3) is 0.800. The third kappa shape index (κ3) is 48.3. The van der Waals surface area contributed by atoms with Crippen molar-refractivity contribution in [2.75, 3.05) is 13.2 Å². The first-order valence-corrected chi connectivity index (χ1v) is 26.1. The molecular formula is C55H98O6. The molecule has 0 saturated carbocycles. The lowest BCUT2D eigenvalue weighted by Crippen LogP contribution is -2.30. The van der Waals surface area contributed by atoms with Gasteiger partial charge in [0, 0.05) is 19.3 Å². The summed E-state index contributed by atoms with van der Waals surface area (Å²) in [6.07, 6.45) is 59.5. The summed E-state index contributed by atoms with van der Waals surface area (Å²) >= 11 is 0. The van der Waals surface area contributed by atoms with Gasteiger partial charge in [-0.15, -0.1) is 0 Å². The molecule has 0 aliphatic carbocycles. The summed E-state index contributed by atoms with van der Waals surface area (Å²) in [5.41, 5.74) is 0. The molecule has 0 heterocycles. The highest BCUT2D eigenvalue weighted by molar-refractivity contribution is 5.71. The van der Waals surface area contributed by atoms with Crippen LogP contribution in [0, 0.1) is 0 Å². The van der Waals surface area contributed by atoms with Crippen molar-refractivity contribution in [3.05, 3.63) is 48.6 Å². The van der Waals surface area contributed by atoms with E-state index in [1.165, 1.54) is 148 Å². The van der Waals surface area contributed by atoms with E-state index in [0.717, 1.165) is 77.0 Å². The molecule has 0 aliphatic heterocycles. The molecule has 0 saturated heterocycles. The molecule has 0 amide bonds. The average Bonchev–Trinajstić information content (AvgIpc) is 3.26. The van der Waals surface area contributed by atoms with Crippen LogP contribution < -0.4 is 0 Å². The number of esters is 3. The second kappa shape index (κ2) is 50.0. The molecular weight excluding hydrogens is 757 g/mol. The summed E-state index contributed by atoms with van der Waals surface area (Å²) in [5.74, 6) is -0.926. The quantitative estimate of drug-likeness (QED) is 0.0263. The lowest BCUT2D eigenvalue weighted by Gasteiger charge is -2.18. The number of ether oxygens (including phenoxy) is 3. The maximum absolute atomic E-state index is 12.8. The van der Waals surface area contributed by atoms with Gasteiger partial charge >= 0.3 is 17.9 Å². The van der Waals surface area contributed by atoms with Crippen molar-refractivity contribution in [3.8, 4) is 0 Å². The molecule has 6 nitrogen and oxygen atoms in total. The Balaban J connectivity index is 4.43. The van der Waals surface area contributed by atoms with Gasteiger partial charge < -0.3 is 14.2 Å². The second-order valence-corrected chi connectivity index (χ2v) is 17.4. The van der Waals surface area contributed by atoms with Gasteiger partial charge in [0.15, 0.2) is 6.10 Å². The van der Waals surface area contributed by atoms with Crippen LogP contribution in [0.4, 0.5) is 0 Å². The van der Waals surface area contributed by atoms with Crippen molar-refractivity contribution >= 4 is 17.9 Å². The van der Waals surface area contributed by atoms with Crippen LogP contribution >= 0.6 is 0 Å². The molecule has 354 valence electrons. The topological polar surface area (TPSA) is 78.9 Å². The van der Waals surface area contributed by atoms with E-state index in [2.05, 4.69) is 69.4 Å². The maximum atomic E-state index is 12.8. The van der Waals surface area contributed by atoms with Crippen LogP contribution in [-0.2, 0) is 28.6 Å². The molecule has 0 bridgehead atoms. The van der Waals surface area contributed by atoms with E-state index in [1.54, 1.807) is 0 Å². The van der Waals surface area contributed by atoms with Crippen LogP contribution in [0.3, 0.4) is 0 Å². The molecule has 1 atom stereocenters. The van der Waals surface area contributed by atoms with Gasteiger partial charge in [0.1, 0.15) is 13.2 Å². The van der Waals surface area contributed by atoms with Gasteiger partial charge in [-0.1, -0.05) is 211 Å². The Kier molecular flexibility index (Phi) is 47.9. The Morgan fingerprint density at radius 3 is 1.02 bits per heavy atom. The molecule has 0 aliphatic rings. The van der Waals surface area contributed by atoms with E-state index >= 15 is 0 Å². The van der Waals surface area contributed by atoms with E-state index in [9.17, 15) is 14.4 Å². The minimum atomic E-state index is -0.788. The number of carbonyl (C=O) groups excluding carboxylic acids is 3. The first-order valence-electron chi connectivity index (χ1n) is 26.1. The lowest BCUT2D eigenvalue weighted by molar-refractivity contribution is -0.167. The van der Waals surface area contributed by atoms with Crippen molar-refractivity contribution < 1.29 is 28.6 Å². The zero-order valence-electron chi connectivity index (χ0n) is 40.4. The van der Waals surface area contributed by atoms with Crippen molar-refractivity contribution in [3.63, 3.8) is 0 Å². The number of carbonyl (C=O) groups is 3. The summed E-state index contributed by atoms with van der Waals surface area (Å²) in [4.78, 5) is 37.9.